The number of rotatable bonds is 2. The maximum atomic E-state index is 10.00. The molecule has 1 heterocycles. The highest BCUT2D eigenvalue weighted by atomic mass is 79.9. The average molecular weight is 284 g/mol. The molecule has 1 aromatic carbocycles. The molecule has 1 N–H and O–H groups in total. The second kappa shape index (κ2) is 5.30. The molecule has 2 rings (SSSR count). The van der Waals surface area contributed by atoms with E-state index in [0.29, 0.717) is 5.92 Å². The number of benzene rings is 1. The Morgan fingerprint density at radius 2 is 2.19 bits per heavy atom. The summed E-state index contributed by atoms with van der Waals surface area (Å²) in [7, 11) is 2.12. The maximum Gasteiger partial charge on any atom is 0.0596 e. The molecule has 0 amide bonds. The standard InChI is InChI=1S/C13H18BrNO/c1-15-7-6-13(16)11(9-15)8-10-4-2-3-5-12(10)14/h2-5,11,13,16H,6-9H2,1H3. The van der Waals surface area contributed by atoms with Crippen LogP contribution in [0.1, 0.15) is 12.0 Å². The molecule has 2 atom stereocenters. The second-order valence-corrected chi connectivity index (χ2v) is 5.53. The van der Waals surface area contributed by atoms with Crippen molar-refractivity contribution in [2.75, 3.05) is 20.1 Å². The van der Waals surface area contributed by atoms with Gasteiger partial charge in [-0.1, -0.05) is 34.1 Å². The minimum Gasteiger partial charge on any atom is -0.393 e. The van der Waals surface area contributed by atoms with Crippen molar-refractivity contribution in [1.29, 1.82) is 0 Å². The molecule has 3 heteroatoms. The molecule has 0 bridgehead atoms. The van der Waals surface area contributed by atoms with Gasteiger partial charge in [-0.25, -0.2) is 0 Å². The van der Waals surface area contributed by atoms with E-state index in [0.717, 1.165) is 30.4 Å². The first kappa shape index (κ1) is 12.1. The SMILES string of the molecule is CN1CCC(O)C(Cc2ccccc2Br)C1. The quantitative estimate of drug-likeness (QED) is 0.901. The molecule has 0 aromatic heterocycles. The Labute approximate surface area is 105 Å². The third kappa shape index (κ3) is 2.84. The van der Waals surface area contributed by atoms with Crippen molar-refractivity contribution in [2.24, 2.45) is 5.92 Å². The Balaban J connectivity index is 2.06. The smallest absolute Gasteiger partial charge is 0.0596 e. The fourth-order valence-corrected chi connectivity index (χ4v) is 2.80. The summed E-state index contributed by atoms with van der Waals surface area (Å²) in [5.74, 6) is 0.359. The average Bonchev–Trinajstić information content (AvgIpc) is 2.27. The van der Waals surface area contributed by atoms with Crippen LogP contribution in [-0.2, 0) is 6.42 Å². The topological polar surface area (TPSA) is 23.5 Å². The van der Waals surface area contributed by atoms with Crippen LogP contribution in [0.3, 0.4) is 0 Å². The third-order valence-corrected chi connectivity index (χ3v) is 4.11. The first-order chi connectivity index (χ1) is 7.66. The van der Waals surface area contributed by atoms with Gasteiger partial charge in [0.2, 0.25) is 0 Å². The lowest BCUT2D eigenvalue weighted by molar-refractivity contribution is 0.0366. The monoisotopic (exact) mass is 283 g/mol. The molecule has 0 saturated carbocycles. The number of aliphatic hydroxyl groups is 1. The van der Waals surface area contributed by atoms with Gasteiger partial charge >= 0.3 is 0 Å². The van der Waals surface area contributed by atoms with Gasteiger partial charge in [0, 0.05) is 23.5 Å². The zero-order valence-corrected chi connectivity index (χ0v) is 11.2. The van der Waals surface area contributed by atoms with Crippen LogP contribution in [0, 0.1) is 5.92 Å². The molecule has 0 spiro atoms. The van der Waals surface area contributed by atoms with Crippen LogP contribution < -0.4 is 0 Å². The number of hydrogen-bond acceptors (Lipinski definition) is 2. The lowest BCUT2D eigenvalue weighted by atomic mass is 9.89. The summed E-state index contributed by atoms with van der Waals surface area (Å²) >= 11 is 3.56. The second-order valence-electron chi connectivity index (χ2n) is 4.67. The zero-order valence-electron chi connectivity index (χ0n) is 9.56. The Bertz CT molecular complexity index is 356. The van der Waals surface area contributed by atoms with E-state index < -0.39 is 0 Å². The van der Waals surface area contributed by atoms with Crippen LogP contribution in [-0.4, -0.2) is 36.2 Å². The molecule has 16 heavy (non-hydrogen) atoms. The summed E-state index contributed by atoms with van der Waals surface area (Å²) in [6.07, 6.45) is 1.70. The fourth-order valence-electron chi connectivity index (χ4n) is 2.35. The molecule has 0 radical (unpaired) electrons. The molecular formula is C13H18BrNO. The maximum absolute atomic E-state index is 10.00. The van der Waals surface area contributed by atoms with Gasteiger partial charge < -0.3 is 10.0 Å². The van der Waals surface area contributed by atoms with Crippen LogP contribution in [0.2, 0.25) is 0 Å². The Kier molecular flexibility index (Phi) is 4.00. The van der Waals surface area contributed by atoms with Crippen molar-refractivity contribution >= 4 is 15.9 Å². The molecular weight excluding hydrogens is 266 g/mol. The van der Waals surface area contributed by atoms with Crippen molar-refractivity contribution < 1.29 is 5.11 Å². The van der Waals surface area contributed by atoms with Gasteiger partial charge in [-0.15, -0.1) is 0 Å². The molecule has 1 fully saturated rings. The van der Waals surface area contributed by atoms with Crippen LogP contribution in [0.15, 0.2) is 28.7 Å². The van der Waals surface area contributed by atoms with Gasteiger partial charge in [-0.05, 0) is 31.5 Å². The number of aliphatic hydroxyl groups excluding tert-OH is 1. The van der Waals surface area contributed by atoms with E-state index in [4.69, 9.17) is 0 Å². The van der Waals surface area contributed by atoms with Crippen molar-refractivity contribution in [2.45, 2.75) is 18.9 Å². The number of hydrogen-bond donors (Lipinski definition) is 1. The summed E-state index contributed by atoms with van der Waals surface area (Å²) < 4.78 is 1.15. The summed E-state index contributed by atoms with van der Waals surface area (Å²) in [5.41, 5.74) is 1.29. The van der Waals surface area contributed by atoms with Crippen molar-refractivity contribution in [3.63, 3.8) is 0 Å². The number of likely N-dealkylation sites (tertiary alicyclic amines) is 1. The van der Waals surface area contributed by atoms with Gasteiger partial charge in [0.05, 0.1) is 6.10 Å². The molecule has 1 saturated heterocycles. The molecule has 1 aromatic rings. The van der Waals surface area contributed by atoms with Crippen LogP contribution in [0.5, 0.6) is 0 Å². The highest BCUT2D eigenvalue weighted by molar-refractivity contribution is 9.10. The highest BCUT2D eigenvalue weighted by Crippen LogP contribution is 2.24. The Morgan fingerprint density at radius 3 is 2.94 bits per heavy atom. The summed E-state index contributed by atoms with van der Waals surface area (Å²) in [6.45, 7) is 2.00. The van der Waals surface area contributed by atoms with Crippen LogP contribution >= 0.6 is 15.9 Å². The minimum atomic E-state index is -0.150. The van der Waals surface area contributed by atoms with Crippen molar-refractivity contribution in [1.82, 2.24) is 4.90 Å². The number of piperidine rings is 1. The van der Waals surface area contributed by atoms with E-state index in [-0.39, 0.29) is 6.10 Å². The lowest BCUT2D eigenvalue weighted by Crippen LogP contribution is -2.42. The molecule has 1 aliphatic rings. The lowest BCUT2D eigenvalue weighted by Gasteiger charge is -2.34. The van der Waals surface area contributed by atoms with Gasteiger partial charge in [0.25, 0.3) is 0 Å². The fraction of sp³-hybridized carbons (Fsp3) is 0.538. The van der Waals surface area contributed by atoms with E-state index in [1.165, 1.54) is 5.56 Å². The van der Waals surface area contributed by atoms with Gasteiger partial charge in [-0.3, -0.25) is 0 Å². The Hall–Kier alpha value is -0.380. The van der Waals surface area contributed by atoms with Crippen molar-refractivity contribution in [3.05, 3.63) is 34.3 Å². The largest absolute Gasteiger partial charge is 0.393 e. The van der Waals surface area contributed by atoms with E-state index in [1.54, 1.807) is 0 Å². The van der Waals surface area contributed by atoms with Crippen molar-refractivity contribution in [3.8, 4) is 0 Å². The van der Waals surface area contributed by atoms with Gasteiger partial charge in [-0.2, -0.15) is 0 Å². The van der Waals surface area contributed by atoms with Crippen LogP contribution in [0.4, 0.5) is 0 Å². The summed E-state index contributed by atoms with van der Waals surface area (Å²) in [4.78, 5) is 2.30. The molecule has 1 aliphatic heterocycles. The van der Waals surface area contributed by atoms with Gasteiger partial charge in [0.15, 0.2) is 0 Å². The summed E-state index contributed by atoms with van der Waals surface area (Å²) in [6, 6.07) is 8.27. The third-order valence-electron chi connectivity index (χ3n) is 3.34. The predicted molar refractivity (Wildman–Crippen MR) is 69.5 cm³/mol. The molecule has 0 aliphatic carbocycles. The summed E-state index contributed by atoms with van der Waals surface area (Å²) in [5, 5.41) is 10.00. The predicted octanol–water partition coefficient (Wildman–Crippen LogP) is 2.30. The minimum absolute atomic E-state index is 0.150. The molecule has 2 unspecified atom stereocenters. The van der Waals surface area contributed by atoms with E-state index in [1.807, 2.05) is 6.07 Å². The van der Waals surface area contributed by atoms with E-state index in [2.05, 4.69) is 46.1 Å². The highest BCUT2D eigenvalue weighted by Gasteiger charge is 2.26. The zero-order chi connectivity index (χ0) is 11.5. The first-order valence-corrected chi connectivity index (χ1v) is 6.56. The van der Waals surface area contributed by atoms with Crippen LogP contribution in [0.25, 0.3) is 0 Å². The number of nitrogens with zero attached hydrogens (tertiary/aromatic N) is 1. The number of halogens is 1. The molecule has 2 nitrogen and oxygen atoms in total. The van der Waals surface area contributed by atoms with E-state index in [9.17, 15) is 5.11 Å². The Morgan fingerprint density at radius 1 is 1.44 bits per heavy atom. The first-order valence-electron chi connectivity index (χ1n) is 5.77. The molecule has 88 valence electrons. The normalized spacial score (nSPS) is 26.9. The van der Waals surface area contributed by atoms with E-state index >= 15 is 0 Å². The van der Waals surface area contributed by atoms with Gasteiger partial charge in [0.1, 0.15) is 0 Å².